The Kier molecular flexibility index (Phi) is 7.42. The van der Waals surface area contributed by atoms with Gasteiger partial charge >= 0.3 is 0 Å². The molecule has 0 amide bonds. The van der Waals surface area contributed by atoms with Gasteiger partial charge in [-0.3, -0.25) is 0 Å². The van der Waals surface area contributed by atoms with Crippen molar-refractivity contribution in [1.29, 1.82) is 5.26 Å². The number of aromatic nitrogens is 5. The van der Waals surface area contributed by atoms with Gasteiger partial charge in [-0.25, -0.2) is 15.0 Å². The maximum Gasteiger partial charge on any atom is 0.225 e. The van der Waals surface area contributed by atoms with Crippen molar-refractivity contribution in [2.75, 3.05) is 36.4 Å². The number of nitrogens with one attached hydrogen (secondary N) is 2. The minimum Gasteiger partial charge on any atom is -0.369 e. The number of benzene rings is 1. The van der Waals surface area contributed by atoms with Crippen LogP contribution in [-0.4, -0.2) is 56.8 Å². The Morgan fingerprint density at radius 1 is 1.03 bits per heavy atom. The maximum atomic E-state index is 9.24. The minimum absolute atomic E-state index is 0.397. The molecule has 0 unspecified atom stereocenters. The SMILES string of the molecule is Cc1cc(NCCNC2CCN(c3ncccn3)CC2)n2nc(C)c(-c3c(Cl)cc(C#N)cc3Cl)c2n1. The largest absolute Gasteiger partial charge is 0.369 e. The number of hydrogen-bond donors (Lipinski definition) is 2. The number of fused-ring (bicyclic) bond motifs is 1. The average molecular weight is 536 g/mol. The summed E-state index contributed by atoms with van der Waals surface area (Å²) in [5.74, 6) is 1.65. The van der Waals surface area contributed by atoms with E-state index in [-0.39, 0.29) is 0 Å². The molecule has 0 atom stereocenters. The van der Waals surface area contributed by atoms with Crippen LogP contribution >= 0.6 is 23.2 Å². The van der Waals surface area contributed by atoms with Crippen molar-refractivity contribution < 1.29 is 0 Å². The third kappa shape index (κ3) is 5.32. The van der Waals surface area contributed by atoms with Crippen molar-refractivity contribution in [3.63, 3.8) is 0 Å². The summed E-state index contributed by atoms with van der Waals surface area (Å²) in [6, 6.07) is 9.59. The van der Waals surface area contributed by atoms with Crippen molar-refractivity contribution in [2.45, 2.75) is 32.7 Å². The molecular formula is C26H27Cl2N9. The van der Waals surface area contributed by atoms with Gasteiger partial charge < -0.3 is 15.5 Å². The predicted molar refractivity (Wildman–Crippen MR) is 146 cm³/mol. The average Bonchev–Trinajstić information content (AvgIpc) is 3.22. The number of rotatable bonds is 7. The van der Waals surface area contributed by atoms with Crippen LogP contribution in [0.25, 0.3) is 16.8 Å². The lowest BCUT2D eigenvalue weighted by Gasteiger charge is -2.32. The van der Waals surface area contributed by atoms with Crippen LogP contribution in [0.5, 0.6) is 0 Å². The lowest BCUT2D eigenvalue weighted by atomic mass is 10.0. The lowest BCUT2D eigenvalue weighted by Crippen LogP contribution is -2.44. The van der Waals surface area contributed by atoms with E-state index in [2.05, 4.69) is 31.6 Å². The van der Waals surface area contributed by atoms with Crippen LogP contribution in [0.1, 0.15) is 29.8 Å². The number of nitriles is 1. The molecule has 11 heteroatoms. The van der Waals surface area contributed by atoms with E-state index in [0.717, 1.165) is 67.7 Å². The van der Waals surface area contributed by atoms with Crippen LogP contribution < -0.4 is 15.5 Å². The third-order valence-corrected chi connectivity index (χ3v) is 7.10. The van der Waals surface area contributed by atoms with Crippen LogP contribution in [0.3, 0.4) is 0 Å². The van der Waals surface area contributed by atoms with Crippen molar-refractivity contribution in [1.82, 2.24) is 29.9 Å². The summed E-state index contributed by atoms with van der Waals surface area (Å²) in [6.45, 7) is 7.28. The van der Waals surface area contributed by atoms with Crippen molar-refractivity contribution in [3.05, 3.63) is 63.7 Å². The van der Waals surface area contributed by atoms with Gasteiger partial charge in [-0.05, 0) is 44.9 Å². The molecule has 5 rings (SSSR count). The maximum absolute atomic E-state index is 9.24. The molecule has 1 fully saturated rings. The fraction of sp³-hybridized carbons (Fsp3) is 0.346. The molecule has 1 aromatic carbocycles. The molecule has 0 aliphatic carbocycles. The second-order valence-electron chi connectivity index (χ2n) is 9.10. The van der Waals surface area contributed by atoms with Gasteiger partial charge in [0, 0.05) is 61.9 Å². The molecule has 37 heavy (non-hydrogen) atoms. The number of hydrogen-bond acceptors (Lipinski definition) is 8. The van der Waals surface area contributed by atoms with E-state index < -0.39 is 0 Å². The second kappa shape index (κ2) is 10.9. The summed E-state index contributed by atoms with van der Waals surface area (Å²) in [5, 5.41) is 21.9. The topological polar surface area (TPSA) is 107 Å². The first-order valence-corrected chi connectivity index (χ1v) is 13.0. The van der Waals surface area contributed by atoms with Crippen molar-refractivity contribution in [3.8, 4) is 17.2 Å². The highest BCUT2D eigenvalue weighted by Gasteiger charge is 2.22. The van der Waals surface area contributed by atoms with E-state index in [0.29, 0.717) is 32.9 Å². The molecule has 4 heterocycles. The van der Waals surface area contributed by atoms with Gasteiger partial charge in [0.2, 0.25) is 5.95 Å². The van der Waals surface area contributed by atoms with E-state index >= 15 is 0 Å². The Morgan fingerprint density at radius 2 is 1.73 bits per heavy atom. The number of nitrogens with zero attached hydrogens (tertiary/aromatic N) is 7. The summed E-state index contributed by atoms with van der Waals surface area (Å²) in [5.41, 5.74) is 4.07. The number of anilines is 2. The molecule has 2 N–H and O–H groups in total. The first kappa shape index (κ1) is 25.2. The zero-order valence-corrected chi connectivity index (χ0v) is 22.2. The Balaban J connectivity index is 1.26. The Labute approximate surface area is 225 Å². The van der Waals surface area contributed by atoms with Crippen molar-refractivity contribution in [2.24, 2.45) is 0 Å². The van der Waals surface area contributed by atoms with Crippen molar-refractivity contribution >= 4 is 40.6 Å². The number of piperidine rings is 1. The number of aryl methyl sites for hydroxylation is 2. The molecule has 3 aromatic heterocycles. The monoisotopic (exact) mass is 535 g/mol. The quantitative estimate of drug-likeness (QED) is 0.329. The molecule has 190 valence electrons. The van der Waals surface area contributed by atoms with Crippen LogP contribution in [0.2, 0.25) is 10.0 Å². The highest BCUT2D eigenvalue weighted by atomic mass is 35.5. The first-order chi connectivity index (χ1) is 17.9. The van der Waals surface area contributed by atoms with Gasteiger partial charge in [0.25, 0.3) is 0 Å². The molecule has 1 aliphatic rings. The molecule has 1 saturated heterocycles. The molecule has 1 aliphatic heterocycles. The summed E-state index contributed by atoms with van der Waals surface area (Å²) in [7, 11) is 0. The summed E-state index contributed by atoms with van der Waals surface area (Å²) in [4.78, 5) is 15.7. The second-order valence-corrected chi connectivity index (χ2v) is 9.91. The van der Waals surface area contributed by atoms with Crippen LogP contribution in [0.4, 0.5) is 11.8 Å². The fourth-order valence-electron chi connectivity index (χ4n) is 4.74. The normalized spacial score (nSPS) is 14.2. The summed E-state index contributed by atoms with van der Waals surface area (Å²) < 4.78 is 1.79. The first-order valence-electron chi connectivity index (χ1n) is 12.2. The number of halogens is 2. The summed E-state index contributed by atoms with van der Waals surface area (Å²) in [6.07, 6.45) is 5.66. The lowest BCUT2D eigenvalue weighted by molar-refractivity contribution is 0.418. The van der Waals surface area contributed by atoms with Gasteiger partial charge in [0.15, 0.2) is 5.65 Å². The van der Waals surface area contributed by atoms with E-state index in [9.17, 15) is 5.26 Å². The van der Waals surface area contributed by atoms with Crippen LogP contribution in [0.15, 0.2) is 36.7 Å². The standard InChI is InChI=1S/C26H27Cl2N9/c1-16-12-22(31-9-8-30-19-4-10-36(11-5-19)26-32-6-3-7-33-26)37-25(34-16)23(17(2)35-37)24-20(27)13-18(15-29)14-21(24)28/h3,6-7,12-14,19,30-31H,4-5,8-11H2,1-2H3. The molecule has 0 spiro atoms. The van der Waals surface area contributed by atoms with E-state index in [1.165, 1.54) is 0 Å². The zero-order chi connectivity index (χ0) is 25.9. The highest BCUT2D eigenvalue weighted by Crippen LogP contribution is 2.39. The molecule has 0 saturated carbocycles. The van der Waals surface area contributed by atoms with Gasteiger partial charge in [-0.2, -0.15) is 14.9 Å². The smallest absolute Gasteiger partial charge is 0.225 e. The molecular weight excluding hydrogens is 509 g/mol. The Morgan fingerprint density at radius 3 is 2.41 bits per heavy atom. The third-order valence-electron chi connectivity index (χ3n) is 6.51. The molecule has 0 bridgehead atoms. The van der Waals surface area contributed by atoms with Crippen LogP contribution in [0, 0.1) is 25.2 Å². The molecule has 0 radical (unpaired) electrons. The Hall–Kier alpha value is -3.45. The van der Waals surface area contributed by atoms with Crippen LogP contribution in [-0.2, 0) is 0 Å². The van der Waals surface area contributed by atoms with E-state index in [1.807, 2.05) is 26.0 Å². The molecule has 9 nitrogen and oxygen atoms in total. The minimum atomic E-state index is 0.397. The van der Waals surface area contributed by atoms with E-state index in [4.69, 9.17) is 33.3 Å². The Bertz CT molecular complexity index is 1430. The van der Waals surface area contributed by atoms with Gasteiger partial charge in [0.1, 0.15) is 5.82 Å². The van der Waals surface area contributed by atoms with E-state index in [1.54, 1.807) is 29.0 Å². The fourth-order valence-corrected chi connectivity index (χ4v) is 5.42. The van der Waals surface area contributed by atoms with Gasteiger partial charge in [-0.1, -0.05) is 23.2 Å². The molecule has 4 aromatic rings. The van der Waals surface area contributed by atoms with Gasteiger partial charge in [-0.15, -0.1) is 0 Å². The zero-order valence-electron chi connectivity index (χ0n) is 20.7. The van der Waals surface area contributed by atoms with Gasteiger partial charge in [0.05, 0.1) is 32.9 Å². The highest BCUT2D eigenvalue weighted by molar-refractivity contribution is 6.39. The summed E-state index contributed by atoms with van der Waals surface area (Å²) >= 11 is 13.1. The predicted octanol–water partition coefficient (Wildman–Crippen LogP) is 4.65.